The van der Waals surface area contributed by atoms with Crippen LogP contribution in [0.15, 0.2) is 42.7 Å². The standard InChI is InChI=1S/C18H21N3O3/c22-17(20-10-4-5-15(13-20)18(23)24)9-8-14-11-19-21(12-14)16-6-2-1-3-7-16/h1-3,6-7,11-12,15H,4-5,8-10,13H2,(H,23,24). The molecule has 24 heavy (non-hydrogen) atoms. The van der Waals surface area contributed by atoms with Crippen molar-refractivity contribution in [1.82, 2.24) is 14.7 Å². The maximum atomic E-state index is 12.3. The lowest BCUT2D eigenvalue weighted by atomic mass is 9.98. The average molecular weight is 327 g/mol. The van der Waals surface area contributed by atoms with E-state index in [2.05, 4.69) is 5.10 Å². The molecule has 0 saturated carbocycles. The van der Waals surface area contributed by atoms with E-state index in [-0.39, 0.29) is 5.91 Å². The van der Waals surface area contributed by atoms with Gasteiger partial charge in [-0.15, -0.1) is 0 Å². The van der Waals surface area contributed by atoms with Gasteiger partial charge in [0.05, 0.1) is 17.8 Å². The zero-order chi connectivity index (χ0) is 16.9. The Hall–Kier alpha value is -2.63. The maximum Gasteiger partial charge on any atom is 0.308 e. The fourth-order valence-electron chi connectivity index (χ4n) is 3.03. The van der Waals surface area contributed by atoms with Crippen molar-refractivity contribution in [2.75, 3.05) is 13.1 Å². The number of hydrogen-bond acceptors (Lipinski definition) is 3. The summed E-state index contributed by atoms with van der Waals surface area (Å²) >= 11 is 0. The van der Waals surface area contributed by atoms with E-state index in [1.165, 1.54) is 0 Å². The van der Waals surface area contributed by atoms with Gasteiger partial charge in [-0.25, -0.2) is 4.68 Å². The number of aliphatic carboxylic acids is 1. The summed E-state index contributed by atoms with van der Waals surface area (Å²) in [7, 11) is 0. The Bertz CT molecular complexity index is 711. The summed E-state index contributed by atoms with van der Waals surface area (Å²) in [4.78, 5) is 25.1. The van der Waals surface area contributed by atoms with Crippen LogP contribution in [0.1, 0.15) is 24.8 Å². The molecular weight excluding hydrogens is 306 g/mol. The number of para-hydroxylation sites is 1. The number of hydrogen-bond donors (Lipinski definition) is 1. The molecule has 2 aromatic rings. The van der Waals surface area contributed by atoms with Gasteiger partial charge in [-0.2, -0.15) is 5.10 Å². The van der Waals surface area contributed by atoms with Crippen LogP contribution in [-0.4, -0.2) is 44.8 Å². The van der Waals surface area contributed by atoms with E-state index >= 15 is 0 Å². The second-order valence-electron chi connectivity index (χ2n) is 6.15. The molecule has 0 aliphatic carbocycles. The van der Waals surface area contributed by atoms with Gasteiger partial charge in [0.25, 0.3) is 0 Å². The molecule has 1 unspecified atom stereocenters. The van der Waals surface area contributed by atoms with Crippen molar-refractivity contribution in [1.29, 1.82) is 0 Å². The molecule has 3 rings (SSSR count). The summed E-state index contributed by atoms with van der Waals surface area (Å²) in [5, 5.41) is 13.4. The van der Waals surface area contributed by atoms with Crippen molar-refractivity contribution in [3.05, 3.63) is 48.3 Å². The molecule has 0 radical (unpaired) electrons. The maximum absolute atomic E-state index is 12.3. The highest BCUT2D eigenvalue weighted by atomic mass is 16.4. The Morgan fingerprint density at radius 1 is 1.25 bits per heavy atom. The van der Waals surface area contributed by atoms with E-state index < -0.39 is 11.9 Å². The minimum atomic E-state index is -0.809. The van der Waals surface area contributed by atoms with Crippen LogP contribution in [0.5, 0.6) is 0 Å². The highest BCUT2D eigenvalue weighted by Gasteiger charge is 2.27. The van der Waals surface area contributed by atoms with Crippen molar-refractivity contribution in [3.63, 3.8) is 0 Å². The van der Waals surface area contributed by atoms with Crippen LogP contribution in [0.4, 0.5) is 0 Å². The fourth-order valence-corrected chi connectivity index (χ4v) is 3.03. The third-order valence-electron chi connectivity index (χ3n) is 4.41. The summed E-state index contributed by atoms with van der Waals surface area (Å²) < 4.78 is 1.79. The number of nitrogens with zero attached hydrogens (tertiary/aromatic N) is 3. The molecule has 1 saturated heterocycles. The molecule has 1 N–H and O–H groups in total. The van der Waals surface area contributed by atoms with E-state index in [1.54, 1.807) is 15.8 Å². The van der Waals surface area contributed by atoms with E-state index in [0.717, 1.165) is 17.7 Å². The first-order chi connectivity index (χ1) is 11.6. The van der Waals surface area contributed by atoms with Crippen molar-refractivity contribution >= 4 is 11.9 Å². The number of likely N-dealkylation sites (tertiary alicyclic amines) is 1. The third kappa shape index (κ3) is 3.82. The molecule has 1 aromatic carbocycles. The summed E-state index contributed by atoms with van der Waals surface area (Å²) in [6.45, 7) is 0.989. The summed E-state index contributed by atoms with van der Waals surface area (Å²) in [5.74, 6) is -1.21. The molecule has 126 valence electrons. The van der Waals surface area contributed by atoms with Crippen LogP contribution in [0.3, 0.4) is 0 Å². The minimum Gasteiger partial charge on any atom is -0.481 e. The molecule has 6 heteroatoms. The Balaban J connectivity index is 1.55. The molecule has 1 aromatic heterocycles. The van der Waals surface area contributed by atoms with E-state index in [4.69, 9.17) is 5.11 Å². The van der Waals surface area contributed by atoms with Crippen LogP contribution in [0, 0.1) is 5.92 Å². The lowest BCUT2D eigenvalue weighted by molar-refractivity contribution is -0.145. The largest absolute Gasteiger partial charge is 0.481 e. The molecule has 1 atom stereocenters. The van der Waals surface area contributed by atoms with Crippen molar-refractivity contribution in [3.8, 4) is 5.69 Å². The van der Waals surface area contributed by atoms with Gasteiger partial charge in [0.2, 0.25) is 5.91 Å². The second-order valence-corrected chi connectivity index (χ2v) is 6.15. The van der Waals surface area contributed by atoms with E-state index in [9.17, 15) is 9.59 Å². The summed E-state index contributed by atoms with van der Waals surface area (Å²) in [6, 6.07) is 9.81. The molecule has 0 bridgehead atoms. The number of aromatic nitrogens is 2. The third-order valence-corrected chi connectivity index (χ3v) is 4.41. The zero-order valence-electron chi connectivity index (χ0n) is 13.5. The molecular formula is C18H21N3O3. The van der Waals surface area contributed by atoms with E-state index in [1.807, 2.05) is 36.5 Å². The molecule has 1 aliphatic heterocycles. The van der Waals surface area contributed by atoms with Crippen molar-refractivity contribution < 1.29 is 14.7 Å². The Kier molecular flexibility index (Phi) is 4.93. The Morgan fingerprint density at radius 2 is 2.04 bits per heavy atom. The number of carboxylic acids is 1. The highest BCUT2D eigenvalue weighted by Crippen LogP contribution is 2.18. The number of carbonyl (C=O) groups excluding carboxylic acids is 1. The predicted molar refractivity (Wildman–Crippen MR) is 88.8 cm³/mol. The average Bonchev–Trinajstić information content (AvgIpc) is 3.09. The van der Waals surface area contributed by atoms with Gasteiger partial charge >= 0.3 is 5.97 Å². The van der Waals surface area contributed by atoms with E-state index in [0.29, 0.717) is 32.4 Å². The Morgan fingerprint density at radius 3 is 2.79 bits per heavy atom. The normalized spacial score (nSPS) is 17.7. The fraction of sp³-hybridized carbons (Fsp3) is 0.389. The number of benzene rings is 1. The summed E-state index contributed by atoms with van der Waals surface area (Å²) in [6.07, 6.45) is 6.11. The van der Waals surface area contributed by atoms with Crippen LogP contribution >= 0.6 is 0 Å². The van der Waals surface area contributed by atoms with Gasteiger partial charge in [-0.3, -0.25) is 9.59 Å². The predicted octanol–water partition coefficient (Wildman–Crippen LogP) is 2.13. The van der Waals surface area contributed by atoms with Gasteiger partial charge in [0, 0.05) is 25.7 Å². The second kappa shape index (κ2) is 7.29. The van der Waals surface area contributed by atoms with Crippen LogP contribution in [-0.2, 0) is 16.0 Å². The molecule has 1 aliphatic rings. The minimum absolute atomic E-state index is 0.0217. The van der Waals surface area contributed by atoms with Crippen LogP contribution in [0.2, 0.25) is 0 Å². The number of amides is 1. The SMILES string of the molecule is O=C(O)C1CCCN(C(=O)CCc2cnn(-c3ccccc3)c2)C1. The van der Waals surface area contributed by atoms with Crippen molar-refractivity contribution in [2.45, 2.75) is 25.7 Å². The molecule has 0 spiro atoms. The number of carbonyl (C=O) groups is 2. The smallest absolute Gasteiger partial charge is 0.308 e. The molecule has 1 amide bonds. The Labute approximate surface area is 140 Å². The summed E-state index contributed by atoms with van der Waals surface area (Å²) in [5.41, 5.74) is 1.98. The van der Waals surface area contributed by atoms with Gasteiger partial charge in [0.15, 0.2) is 0 Å². The molecule has 2 heterocycles. The quantitative estimate of drug-likeness (QED) is 0.913. The van der Waals surface area contributed by atoms with Crippen molar-refractivity contribution in [2.24, 2.45) is 5.92 Å². The van der Waals surface area contributed by atoms with Crippen LogP contribution in [0.25, 0.3) is 5.69 Å². The highest BCUT2D eigenvalue weighted by molar-refractivity contribution is 5.78. The number of carboxylic acid groups (broad SMARTS) is 1. The number of rotatable bonds is 5. The lowest BCUT2D eigenvalue weighted by Crippen LogP contribution is -2.42. The number of aryl methyl sites for hydroxylation is 1. The topological polar surface area (TPSA) is 75.4 Å². The van der Waals surface area contributed by atoms with Crippen LogP contribution < -0.4 is 0 Å². The first-order valence-electron chi connectivity index (χ1n) is 8.23. The lowest BCUT2D eigenvalue weighted by Gasteiger charge is -2.30. The molecule has 6 nitrogen and oxygen atoms in total. The first kappa shape index (κ1) is 16.2. The zero-order valence-corrected chi connectivity index (χ0v) is 13.5. The monoisotopic (exact) mass is 327 g/mol. The van der Waals surface area contributed by atoms with Gasteiger partial charge in [-0.05, 0) is 37.0 Å². The molecule has 1 fully saturated rings. The van der Waals surface area contributed by atoms with Gasteiger partial charge in [0.1, 0.15) is 0 Å². The number of piperidine rings is 1. The van der Waals surface area contributed by atoms with Gasteiger partial charge < -0.3 is 10.0 Å². The van der Waals surface area contributed by atoms with Gasteiger partial charge in [-0.1, -0.05) is 18.2 Å². The first-order valence-corrected chi connectivity index (χ1v) is 8.23.